The number of likely N-dealkylation sites (tertiary alicyclic amines) is 1. The Morgan fingerprint density at radius 1 is 1.58 bits per heavy atom. The number of aryl methyl sites for hydroxylation is 1. The standard InChI is InChI=1S/C12H17N5O2/c1-8-14-12(19-16-8)11-5-10(18-2)7-17(11)6-9-3-4-13-15-9/h3-4,10-11H,5-7H2,1-2H3,(H,13,15)/t10-,11-/m1/s1. The minimum absolute atomic E-state index is 0.106. The molecule has 2 atom stereocenters. The van der Waals surface area contributed by atoms with Gasteiger partial charge < -0.3 is 9.26 Å². The summed E-state index contributed by atoms with van der Waals surface area (Å²) in [5.41, 5.74) is 1.07. The predicted molar refractivity (Wildman–Crippen MR) is 66.2 cm³/mol. The Balaban J connectivity index is 1.79. The van der Waals surface area contributed by atoms with E-state index in [1.165, 1.54) is 0 Å². The van der Waals surface area contributed by atoms with Gasteiger partial charge in [0.25, 0.3) is 0 Å². The lowest BCUT2D eigenvalue weighted by molar-refractivity contribution is 0.107. The van der Waals surface area contributed by atoms with Crippen molar-refractivity contribution in [2.75, 3.05) is 13.7 Å². The molecule has 2 aromatic rings. The van der Waals surface area contributed by atoms with Crippen LogP contribution in [0.5, 0.6) is 0 Å². The van der Waals surface area contributed by atoms with Crippen LogP contribution < -0.4 is 0 Å². The van der Waals surface area contributed by atoms with E-state index in [9.17, 15) is 0 Å². The van der Waals surface area contributed by atoms with E-state index in [1.54, 1.807) is 13.3 Å². The number of H-pyrrole nitrogens is 1. The highest BCUT2D eigenvalue weighted by atomic mass is 16.5. The van der Waals surface area contributed by atoms with Crippen molar-refractivity contribution in [3.63, 3.8) is 0 Å². The predicted octanol–water partition coefficient (Wildman–Crippen LogP) is 1.06. The first-order chi connectivity index (χ1) is 9.26. The molecule has 1 fully saturated rings. The maximum Gasteiger partial charge on any atom is 0.244 e. The highest BCUT2D eigenvalue weighted by Crippen LogP contribution is 2.33. The molecule has 0 amide bonds. The van der Waals surface area contributed by atoms with Crippen LogP contribution in [0.2, 0.25) is 0 Å². The van der Waals surface area contributed by atoms with E-state index >= 15 is 0 Å². The first kappa shape index (κ1) is 12.3. The fourth-order valence-corrected chi connectivity index (χ4v) is 2.50. The molecule has 7 nitrogen and oxygen atoms in total. The molecule has 0 aromatic carbocycles. The number of aromatic amines is 1. The zero-order chi connectivity index (χ0) is 13.2. The molecule has 0 radical (unpaired) electrons. The zero-order valence-electron chi connectivity index (χ0n) is 11.0. The quantitative estimate of drug-likeness (QED) is 0.888. The van der Waals surface area contributed by atoms with Crippen LogP contribution >= 0.6 is 0 Å². The Labute approximate surface area is 110 Å². The second kappa shape index (κ2) is 5.10. The van der Waals surface area contributed by atoms with Crippen LogP contribution in [-0.4, -0.2) is 45.0 Å². The van der Waals surface area contributed by atoms with Gasteiger partial charge in [-0.25, -0.2) is 0 Å². The largest absolute Gasteiger partial charge is 0.380 e. The minimum Gasteiger partial charge on any atom is -0.380 e. The van der Waals surface area contributed by atoms with Gasteiger partial charge in [-0.1, -0.05) is 5.16 Å². The van der Waals surface area contributed by atoms with E-state index < -0.39 is 0 Å². The number of aromatic nitrogens is 4. The summed E-state index contributed by atoms with van der Waals surface area (Å²) in [6, 6.07) is 2.07. The van der Waals surface area contributed by atoms with Crippen LogP contribution in [0.1, 0.15) is 29.9 Å². The Kier molecular flexibility index (Phi) is 3.31. The molecule has 19 heavy (non-hydrogen) atoms. The van der Waals surface area contributed by atoms with Gasteiger partial charge in [0, 0.05) is 32.1 Å². The van der Waals surface area contributed by atoms with Gasteiger partial charge in [0.05, 0.1) is 12.1 Å². The molecular formula is C12H17N5O2. The fraction of sp³-hybridized carbons (Fsp3) is 0.583. The summed E-state index contributed by atoms with van der Waals surface area (Å²) in [5, 5.41) is 10.8. The van der Waals surface area contributed by atoms with Gasteiger partial charge in [-0.2, -0.15) is 10.1 Å². The molecule has 1 aliphatic rings. The van der Waals surface area contributed by atoms with E-state index in [0.29, 0.717) is 11.7 Å². The number of methoxy groups -OCH3 is 1. The third-order valence-corrected chi connectivity index (χ3v) is 3.46. The van der Waals surface area contributed by atoms with E-state index in [1.807, 2.05) is 13.0 Å². The summed E-state index contributed by atoms with van der Waals surface area (Å²) in [6.45, 7) is 3.45. The van der Waals surface area contributed by atoms with Gasteiger partial charge in [0.2, 0.25) is 5.89 Å². The van der Waals surface area contributed by atoms with Crippen LogP contribution in [0, 0.1) is 6.92 Å². The van der Waals surface area contributed by atoms with Crippen LogP contribution in [0.4, 0.5) is 0 Å². The van der Waals surface area contributed by atoms with Crippen molar-refractivity contribution in [3.8, 4) is 0 Å². The fourth-order valence-electron chi connectivity index (χ4n) is 2.50. The molecule has 1 N–H and O–H groups in total. The first-order valence-corrected chi connectivity index (χ1v) is 6.31. The lowest BCUT2D eigenvalue weighted by Gasteiger charge is -2.20. The highest BCUT2D eigenvalue weighted by molar-refractivity contribution is 5.03. The maximum atomic E-state index is 5.46. The van der Waals surface area contributed by atoms with Gasteiger partial charge in [-0.05, 0) is 19.4 Å². The molecule has 1 saturated heterocycles. The summed E-state index contributed by atoms with van der Waals surface area (Å²) in [7, 11) is 1.74. The van der Waals surface area contributed by atoms with Crippen LogP contribution in [0.3, 0.4) is 0 Å². The van der Waals surface area contributed by atoms with Crippen molar-refractivity contribution in [2.24, 2.45) is 0 Å². The molecule has 0 bridgehead atoms. The summed E-state index contributed by atoms with van der Waals surface area (Å²) in [6.07, 6.45) is 2.82. The average Bonchev–Trinajstić information content (AvgIpc) is 3.10. The molecule has 0 saturated carbocycles. The van der Waals surface area contributed by atoms with Crippen molar-refractivity contribution in [1.29, 1.82) is 0 Å². The SMILES string of the molecule is CO[C@@H]1C[C@H](c2nc(C)no2)N(Cc2ccn[nH]2)C1. The average molecular weight is 263 g/mol. The van der Waals surface area contributed by atoms with Gasteiger partial charge in [-0.15, -0.1) is 0 Å². The van der Waals surface area contributed by atoms with Crippen LogP contribution in [0.15, 0.2) is 16.8 Å². The monoisotopic (exact) mass is 263 g/mol. The summed E-state index contributed by atoms with van der Waals surface area (Å²) >= 11 is 0. The second-order valence-corrected chi connectivity index (χ2v) is 4.80. The van der Waals surface area contributed by atoms with Gasteiger partial charge >= 0.3 is 0 Å². The molecular weight excluding hydrogens is 246 g/mol. The molecule has 3 rings (SSSR count). The molecule has 102 valence electrons. The zero-order valence-corrected chi connectivity index (χ0v) is 11.0. The maximum absolute atomic E-state index is 5.46. The Hall–Kier alpha value is -1.73. The topological polar surface area (TPSA) is 80.1 Å². The molecule has 2 aromatic heterocycles. The summed E-state index contributed by atoms with van der Waals surface area (Å²) < 4.78 is 10.8. The number of hydrogen-bond donors (Lipinski definition) is 1. The van der Waals surface area contributed by atoms with Crippen LogP contribution in [0.25, 0.3) is 0 Å². The molecule has 1 aliphatic heterocycles. The number of ether oxygens (including phenoxy) is 1. The lowest BCUT2D eigenvalue weighted by Crippen LogP contribution is -2.25. The highest BCUT2D eigenvalue weighted by Gasteiger charge is 2.36. The number of rotatable bonds is 4. The third kappa shape index (κ3) is 2.52. The van der Waals surface area contributed by atoms with E-state index in [4.69, 9.17) is 9.26 Å². The first-order valence-electron chi connectivity index (χ1n) is 6.31. The summed E-state index contributed by atoms with van der Waals surface area (Å²) in [4.78, 5) is 6.61. The Morgan fingerprint density at radius 3 is 3.11 bits per heavy atom. The third-order valence-electron chi connectivity index (χ3n) is 3.46. The molecule has 0 aliphatic carbocycles. The van der Waals surface area contributed by atoms with Crippen molar-refractivity contribution < 1.29 is 9.26 Å². The number of nitrogens with one attached hydrogen (secondary N) is 1. The van der Waals surface area contributed by atoms with E-state index in [0.717, 1.165) is 25.2 Å². The normalized spacial score (nSPS) is 24.1. The van der Waals surface area contributed by atoms with Crippen LogP contribution in [-0.2, 0) is 11.3 Å². The van der Waals surface area contributed by atoms with E-state index in [2.05, 4.69) is 25.2 Å². The molecule has 3 heterocycles. The number of hydrogen-bond acceptors (Lipinski definition) is 6. The van der Waals surface area contributed by atoms with Crippen molar-refractivity contribution in [3.05, 3.63) is 29.7 Å². The Morgan fingerprint density at radius 2 is 2.47 bits per heavy atom. The lowest BCUT2D eigenvalue weighted by atomic mass is 10.2. The molecule has 0 spiro atoms. The van der Waals surface area contributed by atoms with Crippen molar-refractivity contribution in [1.82, 2.24) is 25.2 Å². The van der Waals surface area contributed by atoms with Gasteiger partial charge in [-0.3, -0.25) is 10.00 Å². The molecule has 0 unspecified atom stereocenters. The summed E-state index contributed by atoms with van der Waals surface area (Å²) in [5.74, 6) is 1.33. The Bertz CT molecular complexity index is 524. The van der Waals surface area contributed by atoms with E-state index in [-0.39, 0.29) is 12.1 Å². The van der Waals surface area contributed by atoms with Crippen molar-refractivity contribution >= 4 is 0 Å². The minimum atomic E-state index is 0.106. The van der Waals surface area contributed by atoms with Crippen molar-refractivity contribution in [2.45, 2.75) is 32.0 Å². The second-order valence-electron chi connectivity index (χ2n) is 4.80. The van der Waals surface area contributed by atoms with Gasteiger partial charge in [0.15, 0.2) is 5.82 Å². The number of nitrogens with zero attached hydrogens (tertiary/aromatic N) is 4. The molecule has 7 heteroatoms. The van der Waals surface area contributed by atoms with Gasteiger partial charge in [0.1, 0.15) is 0 Å². The smallest absolute Gasteiger partial charge is 0.244 e.